The lowest BCUT2D eigenvalue weighted by atomic mass is 10.2. The lowest BCUT2D eigenvalue weighted by Crippen LogP contribution is -2.03. The Morgan fingerprint density at radius 1 is 1.24 bits per heavy atom. The Bertz CT molecular complexity index is 782. The normalized spacial score (nSPS) is 11.0. The van der Waals surface area contributed by atoms with Gasteiger partial charge in [-0.05, 0) is 35.9 Å². The van der Waals surface area contributed by atoms with Gasteiger partial charge in [0.1, 0.15) is 18.2 Å². The first kappa shape index (κ1) is 13.9. The smallest absolute Gasteiger partial charge is 0.147 e. The highest BCUT2D eigenvalue weighted by atomic mass is 35.5. The molecule has 0 fully saturated rings. The van der Waals surface area contributed by atoms with Crippen molar-refractivity contribution in [2.24, 2.45) is 12.8 Å². The Hall–Kier alpha value is -2.04. The van der Waals surface area contributed by atoms with E-state index >= 15 is 0 Å². The van der Waals surface area contributed by atoms with E-state index in [9.17, 15) is 0 Å². The predicted octanol–water partition coefficient (Wildman–Crippen LogP) is 3.26. The molecule has 3 rings (SSSR count). The van der Waals surface area contributed by atoms with Crippen molar-refractivity contribution in [2.75, 3.05) is 0 Å². The van der Waals surface area contributed by atoms with Crippen LogP contribution >= 0.6 is 11.6 Å². The molecule has 0 aliphatic carbocycles. The molecule has 0 spiro atoms. The first-order valence-electron chi connectivity index (χ1n) is 6.70. The zero-order valence-electron chi connectivity index (χ0n) is 11.7. The third-order valence-corrected chi connectivity index (χ3v) is 3.67. The zero-order chi connectivity index (χ0) is 14.8. The number of ether oxygens (including phenoxy) is 1. The van der Waals surface area contributed by atoms with Gasteiger partial charge in [-0.1, -0.05) is 23.7 Å². The van der Waals surface area contributed by atoms with E-state index < -0.39 is 0 Å². The van der Waals surface area contributed by atoms with Crippen LogP contribution in [0.25, 0.3) is 11.0 Å². The summed E-state index contributed by atoms with van der Waals surface area (Å²) in [6, 6.07) is 13.4. The number of rotatable bonds is 4. The van der Waals surface area contributed by atoms with Gasteiger partial charge < -0.3 is 15.0 Å². The summed E-state index contributed by atoms with van der Waals surface area (Å²) in [5.41, 5.74) is 8.77. The number of halogens is 1. The van der Waals surface area contributed by atoms with E-state index in [4.69, 9.17) is 22.1 Å². The average molecular weight is 302 g/mol. The van der Waals surface area contributed by atoms with Crippen LogP contribution < -0.4 is 10.5 Å². The van der Waals surface area contributed by atoms with E-state index in [1.165, 1.54) is 0 Å². The molecule has 0 radical (unpaired) electrons. The molecule has 0 saturated heterocycles. The summed E-state index contributed by atoms with van der Waals surface area (Å²) in [4.78, 5) is 4.59. The number of nitrogens with zero attached hydrogens (tertiary/aromatic N) is 2. The maximum absolute atomic E-state index is 5.94. The van der Waals surface area contributed by atoms with Crippen molar-refractivity contribution in [2.45, 2.75) is 13.2 Å². The average Bonchev–Trinajstić information content (AvgIpc) is 2.81. The van der Waals surface area contributed by atoms with Crippen LogP contribution in [0.15, 0.2) is 42.5 Å². The summed E-state index contributed by atoms with van der Waals surface area (Å²) in [6.07, 6.45) is 0. The largest absolute Gasteiger partial charge is 0.486 e. The van der Waals surface area contributed by atoms with Crippen LogP contribution in [0.1, 0.15) is 11.4 Å². The van der Waals surface area contributed by atoms with E-state index in [2.05, 4.69) is 11.1 Å². The van der Waals surface area contributed by atoms with Crippen molar-refractivity contribution in [1.82, 2.24) is 9.55 Å². The second kappa shape index (κ2) is 5.76. The topological polar surface area (TPSA) is 53.1 Å². The van der Waals surface area contributed by atoms with E-state index in [1.54, 1.807) is 6.07 Å². The lowest BCUT2D eigenvalue weighted by Gasteiger charge is -2.06. The minimum atomic E-state index is 0.392. The molecular weight excluding hydrogens is 286 g/mol. The lowest BCUT2D eigenvalue weighted by molar-refractivity contribution is 0.292. The first-order valence-corrected chi connectivity index (χ1v) is 7.08. The van der Waals surface area contributed by atoms with Crippen molar-refractivity contribution in [3.8, 4) is 5.75 Å². The number of fused-ring (bicyclic) bond motifs is 1. The van der Waals surface area contributed by atoms with Crippen LogP contribution in [0.3, 0.4) is 0 Å². The second-order valence-electron chi connectivity index (χ2n) is 4.86. The predicted molar refractivity (Wildman–Crippen MR) is 84.4 cm³/mol. The number of aromatic nitrogens is 2. The molecule has 0 aliphatic heterocycles. The standard InChI is InChI=1S/C16H16ClN3O/c1-20-15-7-11(9-18)5-6-14(15)19-16(20)10-21-13-4-2-3-12(17)8-13/h2-8H,9-10,18H2,1H3. The van der Waals surface area contributed by atoms with Crippen LogP contribution in [0.5, 0.6) is 5.75 Å². The third kappa shape index (κ3) is 2.86. The van der Waals surface area contributed by atoms with Gasteiger partial charge in [0.15, 0.2) is 0 Å². The molecule has 0 aliphatic rings. The number of imidazole rings is 1. The highest BCUT2D eigenvalue weighted by Gasteiger charge is 2.09. The van der Waals surface area contributed by atoms with Crippen molar-refractivity contribution >= 4 is 22.6 Å². The SMILES string of the molecule is Cn1c(COc2cccc(Cl)c2)nc2ccc(CN)cc21. The van der Waals surface area contributed by atoms with Crippen LogP contribution in [-0.4, -0.2) is 9.55 Å². The van der Waals surface area contributed by atoms with Crippen LogP contribution in [-0.2, 0) is 20.2 Å². The van der Waals surface area contributed by atoms with Crippen LogP contribution in [0, 0.1) is 0 Å². The second-order valence-corrected chi connectivity index (χ2v) is 5.30. The minimum Gasteiger partial charge on any atom is -0.486 e. The number of hydrogen-bond donors (Lipinski definition) is 1. The molecular formula is C16H16ClN3O. The molecule has 0 amide bonds. The highest BCUT2D eigenvalue weighted by molar-refractivity contribution is 6.30. The molecule has 1 aromatic heterocycles. The molecule has 3 aromatic rings. The van der Waals surface area contributed by atoms with Gasteiger partial charge in [0.05, 0.1) is 11.0 Å². The summed E-state index contributed by atoms with van der Waals surface area (Å²) in [5, 5.41) is 0.657. The summed E-state index contributed by atoms with van der Waals surface area (Å²) in [5.74, 6) is 1.59. The maximum Gasteiger partial charge on any atom is 0.147 e. The van der Waals surface area contributed by atoms with Crippen LogP contribution in [0.2, 0.25) is 5.02 Å². The van der Waals surface area contributed by atoms with Gasteiger partial charge in [0.2, 0.25) is 0 Å². The van der Waals surface area contributed by atoms with E-state index in [-0.39, 0.29) is 0 Å². The third-order valence-electron chi connectivity index (χ3n) is 3.44. The maximum atomic E-state index is 5.94. The fourth-order valence-corrected chi connectivity index (χ4v) is 2.43. The van der Waals surface area contributed by atoms with Crippen molar-refractivity contribution in [3.63, 3.8) is 0 Å². The fourth-order valence-electron chi connectivity index (χ4n) is 2.25. The molecule has 2 aromatic carbocycles. The number of nitrogens with two attached hydrogens (primary N) is 1. The monoisotopic (exact) mass is 301 g/mol. The molecule has 0 atom stereocenters. The quantitative estimate of drug-likeness (QED) is 0.804. The van der Waals surface area contributed by atoms with Gasteiger partial charge in [-0.3, -0.25) is 0 Å². The first-order chi connectivity index (χ1) is 10.2. The summed E-state index contributed by atoms with van der Waals surface area (Å²) >= 11 is 5.94. The Morgan fingerprint density at radius 2 is 2.10 bits per heavy atom. The fraction of sp³-hybridized carbons (Fsp3) is 0.188. The van der Waals surface area contributed by atoms with Gasteiger partial charge in [-0.2, -0.15) is 0 Å². The minimum absolute atomic E-state index is 0.392. The molecule has 0 saturated carbocycles. The van der Waals surface area contributed by atoms with Gasteiger partial charge in [0.25, 0.3) is 0 Å². The molecule has 0 bridgehead atoms. The van der Waals surface area contributed by atoms with Gasteiger partial charge >= 0.3 is 0 Å². The molecule has 2 N–H and O–H groups in total. The van der Waals surface area contributed by atoms with E-state index in [0.717, 1.165) is 28.2 Å². The van der Waals surface area contributed by atoms with Gasteiger partial charge in [-0.15, -0.1) is 0 Å². The summed E-state index contributed by atoms with van der Waals surface area (Å²) in [7, 11) is 1.98. The molecule has 5 heteroatoms. The summed E-state index contributed by atoms with van der Waals surface area (Å²) in [6.45, 7) is 0.916. The molecule has 108 valence electrons. The highest BCUT2D eigenvalue weighted by Crippen LogP contribution is 2.20. The van der Waals surface area contributed by atoms with E-state index in [1.807, 2.05) is 41.9 Å². The Balaban J connectivity index is 1.85. The molecule has 4 nitrogen and oxygen atoms in total. The van der Waals surface area contributed by atoms with Gasteiger partial charge in [-0.25, -0.2) is 4.98 Å². The number of benzene rings is 2. The van der Waals surface area contributed by atoms with Gasteiger partial charge in [0, 0.05) is 18.6 Å². The number of aryl methyl sites for hydroxylation is 1. The molecule has 0 unspecified atom stereocenters. The Kier molecular flexibility index (Phi) is 3.82. The Labute approximate surface area is 128 Å². The summed E-state index contributed by atoms with van der Waals surface area (Å²) < 4.78 is 7.77. The molecule has 21 heavy (non-hydrogen) atoms. The zero-order valence-corrected chi connectivity index (χ0v) is 12.5. The number of hydrogen-bond acceptors (Lipinski definition) is 3. The van der Waals surface area contributed by atoms with Crippen molar-refractivity contribution < 1.29 is 4.74 Å². The van der Waals surface area contributed by atoms with Crippen LogP contribution in [0.4, 0.5) is 0 Å². The molecule has 1 heterocycles. The van der Waals surface area contributed by atoms with Crippen molar-refractivity contribution in [1.29, 1.82) is 0 Å². The Morgan fingerprint density at radius 3 is 2.86 bits per heavy atom. The van der Waals surface area contributed by atoms with E-state index in [0.29, 0.717) is 18.2 Å². The van der Waals surface area contributed by atoms with Crippen molar-refractivity contribution in [3.05, 3.63) is 58.9 Å².